The predicted octanol–water partition coefficient (Wildman–Crippen LogP) is 2.94. The van der Waals surface area contributed by atoms with Crippen LogP contribution in [0.25, 0.3) is 5.82 Å². The highest BCUT2D eigenvalue weighted by Gasteiger charge is 2.25. The Balaban J connectivity index is 2.14. The first kappa shape index (κ1) is 15.6. The fourth-order valence-corrected chi connectivity index (χ4v) is 3.29. The van der Waals surface area contributed by atoms with Gasteiger partial charge in [0.05, 0.1) is 11.9 Å². The van der Waals surface area contributed by atoms with Crippen LogP contribution >= 0.6 is 11.6 Å². The second kappa shape index (κ2) is 6.47. The molecule has 0 bridgehead atoms. The average Bonchev–Trinajstić information content (AvgIpc) is 3.14. The van der Waals surface area contributed by atoms with Crippen LogP contribution in [0.2, 0.25) is 5.02 Å². The molecule has 120 valence electrons. The number of aromatic nitrogens is 4. The minimum Gasteiger partial charge on any atom is -0.352 e. The molecule has 23 heavy (non-hydrogen) atoms. The van der Waals surface area contributed by atoms with Gasteiger partial charge >= 0.3 is 0 Å². The Hall–Kier alpha value is -2.26. The molecule has 0 radical (unpaired) electrons. The summed E-state index contributed by atoms with van der Waals surface area (Å²) in [4.78, 5) is 2.03. The molecule has 2 aromatic heterocycles. The van der Waals surface area contributed by atoms with E-state index in [2.05, 4.69) is 22.8 Å². The van der Waals surface area contributed by atoms with Crippen molar-refractivity contribution in [2.75, 3.05) is 18.0 Å². The van der Waals surface area contributed by atoms with Gasteiger partial charge in [-0.3, -0.25) is 4.68 Å². The van der Waals surface area contributed by atoms with Gasteiger partial charge in [-0.1, -0.05) is 17.7 Å². The second-order valence-corrected chi connectivity index (χ2v) is 5.88. The molecule has 3 heterocycles. The van der Waals surface area contributed by atoms with Gasteiger partial charge in [0.15, 0.2) is 11.6 Å². The van der Waals surface area contributed by atoms with Gasteiger partial charge in [0.25, 0.3) is 0 Å². The Morgan fingerprint density at radius 1 is 1.52 bits per heavy atom. The molecule has 0 saturated carbocycles. The molecular formula is C16H19ClN6. The van der Waals surface area contributed by atoms with E-state index in [0.29, 0.717) is 28.8 Å². The van der Waals surface area contributed by atoms with Crippen LogP contribution in [0.3, 0.4) is 0 Å². The highest BCUT2D eigenvalue weighted by molar-refractivity contribution is 6.32. The Bertz CT molecular complexity index is 766. The van der Waals surface area contributed by atoms with E-state index in [4.69, 9.17) is 11.6 Å². The van der Waals surface area contributed by atoms with Crippen molar-refractivity contribution >= 4 is 17.4 Å². The van der Waals surface area contributed by atoms with Crippen LogP contribution in [-0.2, 0) is 13.0 Å². The summed E-state index contributed by atoms with van der Waals surface area (Å²) >= 11 is 6.56. The topological polar surface area (TPSA) is 62.7 Å². The van der Waals surface area contributed by atoms with Gasteiger partial charge in [0.1, 0.15) is 16.7 Å². The summed E-state index contributed by atoms with van der Waals surface area (Å²) in [7, 11) is 0. The van der Waals surface area contributed by atoms with E-state index in [1.54, 1.807) is 10.9 Å². The number of aryl methyl sites for hydroxylation is 1. The van der Waals surface area contributed by atoms with Crippen molar-refractivity contribution in [3.8, 4) is 11.9 Å². The molecule has 2 aromatic rings. The Labute approximate surface area is 140 Å². The minimum absolute atomic E-state index is 0.510. The Morgan fingerprint density at radius 2 is 2.35 bits per heavy atom. The van der Waals surface area contributed by atoms with E-state index in [0.717, 1.165) is 38.0 Å². The normalized spacial score (nSPS) is 13.4. The fourth-order valence-electron chi connectivity index (χ4n) is 2.98. The zero-order valence-corrected chi connectivity index (χ0v) is 13.9. The smallest absolute Gasteiger partial charge is 0.196 e. The summed E-state index contributed by atoms with van der Waals surface area (Å²) in [6.45, 7) is 8.05. The van der Waals surface area contributed by atoms with E-state index in [1.807, 2.05) is 22.6 Å². The van der Waals surface area contributed by atoms with E-state index < -0.39 is 0 Å². The largest absolute Gasteiger partial charge is 0.352 e. The zero-order valence-electron chi connectivity index (χ0n) is 13.2. The van der Waals surface area contributed by atoms with Crippen LogP contribution in [0.1, 0.15) is 31.0 Å². The van der Waals surface area contributed by atoms with Crippen molar-refractivity contribution in [3.05, 3.63) is 35.1 Å². The number of hydrogen-bond acceptors (Lipinski definition) is 4. The lowest BCUT2D eigenvalue weighted by molar-refractivity contribution is 0.484. The number of fused-ring (bicyclic) bond motifs is 1. The van der Waals surface area contributed by atoms with Gasteiger partial charge in [0.2, 0.25) is 0 Å². The van der Waals surface area contributed by atoms with Crippen molar-refractivity contribution in [3.63, 3.8) is 0 Å². The molecule has 1 aliphatic heterocycles. The van der Waals surface area contributed by atoms with Crippen molar-refractivity contribution in [1.82, 2.24) is 19.6 Å². The molecule has 0 aromatic carbocycles. The first-order valence-electron chi connectivity index (χ1n) is 7.80. The van der Waals surface area contributed by atoms with Gasteiger partial charge in [-0.2, -0.15) is 20.1 Å². The third-order valence-electron chi connectivity index (χ3n) is 4.11. The fraction of sp³-hybridized carbons (Fsp3) is 0.438. The summed E-state index contributed by atoms with van der Waals surface area (Å²) in [6, 6.07) is 2.20. The number of anilines is 1. The molecule has 7 heteroatoms. The SMILES string of the molecule is C=CCN(CC)c1c(C#N)cnn1-c1nn2c(c1Cl)CCCC2. The molecule has 0 N–H and O–H groups in total. The van der Waals surface area contributed by atoms with E-state index in [-0.39, 0.29) is 0 Å². The van der Waals surface area contributed by atoms with Crippen LogP contribution in [0.15, 0.2) is 18.9 Å². The molecule has 0 atom stereocenters. The van der Waals surface area contributed by atoms with Crippen LogP contribution in [0, 0.1) is 11.3 Å². The summed E-state index contributed by atoms with van der Waals surface area (Å²) in [5.41, 5.74) is 1.57. The molecule has 0 spiro atoms. The van der Waals surface area contributed by atoms with Crippen molar-refractivity contribution < 1.29 is 0 Å². The lowest BCUT2D eigenvalue weighted by Gasteiger charge is -2.22. The van der Waals surface area contributed by atoms with E-state index >= 15 is 0 Å². The molecule has 0 aliphatic carbocycles. The second-order valence-electron chi connectivity index (χ2n) is 5.50. The molecule has 1 aliphatic rings. The molecule has 0 unspecified atom stereocenters. The summed E-state index contributed by atoms with van der Waals surface area (Å²) in [6.07, 6.45) is 6.53. The van der Waals surface area contributed by atoms with Crippen molar-refractivity contribution in [2.45, 2.75) is 32.7 Å². The number of nitriles is 1. The third kappa shape index (κ3) is 2.62. The molecule has 3 rings (SSSR count). The van der Waals surface area contributed by atoms with Gasteiger partial charge in [-0.15, -0.1) is 6.58 Å². The number of hydrogen-bond donors (Lipinski definition) is 0. The van der Waals surface area contributed by atoms with Crippen molar-refractivity contribution in [1.29, 1.82) is 5.26 Å². The summed E-state index contributed by atoms with van der Waals surface area (Å²) in [5.74, 6) is 1.31. The van der Waals surface area contributed by atoms with Gasteiger partial charge < -0.3 is 4.90 Å². The highest BCUT2D eigenvalue weighted by Crippen LogP contribution is 2.32. The zero-order chi connectivity index (χ0) is 16.4. The number of likely N-dealkylation sites (N-methyl/N-ethyl adjacent to an activating group) is 1. The number of halogens is 1. The van der Waals surface area contributed by atoms with Crippen LogP contribution in [0.4, 0.5) is 5.82 Å². The molecule has 6 nitrogen and oxygen atoms in total. The predicted molar refractivity (Wildman–Crippen MR) is 90.1 cm³/mol. The quantitative estimate of drug-likeness (QED) is 0.791. The monoisotopic (exact) mass is 330 g/mol. The lowest BCUT2D eigenvalue weighted by atomic mass is 10.1. The maximum atomic E-state index is 9.41. The highest BCUT2D eigenvalue weighted by atomic mass is 35.5. The third-order valence-corrected chi connectivity index (χ3v) is 4.49. The van der Waals surface area contributed by atoms with Crippen LogP contribution in [0.5, 0.6) is 0 Å². The van der Waals surface area contributed by atoms with Crippen molar-refractivity contribution in [2.24, 2.45) is 0 Å². The number of rotatable bonds is 5. The van der Waals surface area contributed by atoms with Gasteiger partial charge in [0, 0.05) is 19.6 Å². The molecular weight excluding hydrogens is 312 g/mol. The maximum Gasteiger partial charge on any atom is 0.196 e. The number of nitrogens with zero attached hydrogens (tertiary/aromatic N) is 6. The Morgan fingerprint density at radius 3 is 3.00 bits per heavy atom. The first-order chi connectivity index (χ1) is 11.2. The summed E-state index contributed by atoms with van der Waals surface area (Å²) in [5, 5.41) is 19.0. The summed E-state index contributed by atoms with van der Waals surface area (Å²) < 4.78 is 3.64. The standard InChI is InChI=1S/C16H19ClN6/c1-3-8-21(4-2)16-12(10-18)11-19-23(16)15-14(17)13-7-5-6-9-22(13)20-15/h3,11H,1,4-9H2,2H3. The molecule has 0 saturated heterocycles. The first-order valence-corrected chi connectivity index (χ1v) is 8.18. The Kier molecular flexibility index (Phi) is 4.39. The van der Waals surface area contributed by atoms with Gasteiger partial charge in [-0.25, -0.2) is 0 Å². The average molecular weight is 331 g/mol. The van der Waals surface area contributed by atoms with E-state index in [9.17, 15) is 5.26 Å². The maximum absolute atomic E-state index is 9.41. The molecule has 0 fully saturated rings. The van der Waals surface area contributed by atoms with Crippen LogP contribution in [-0.4, -0.2) is 32.7 Å². The van der Waals surface area contributed by atoms with Gasteiger partial charge in [-0.05, 0) is 26.2 Å². The minimum atomic E-state index is 0.510. The lowest BCUT2D eigenvalue weighted by Crippen LogP contribution is -2.26. The molecule has 0 amide bonds. The van der Waals surface area contributed by atoms with E-state index in [1.165, 1.54) is 0 Å². The van der Waals surface area contributed by atoms with Crippen LogP contribution < -0.4 is 4.90 Å².